The van der Waals surface area contributed by atoms with Gasteiger partial charge in [0.1, 0.15) is 5.82 Å². The molecule has 5 nitrogen and oxygen atoms in total. The van der Waals surface area contributed by atoms with Crippen LogP contribution in [0.25, 0.3) is 0 Å². The molecule has 5 heteroatoms. The molecule has 0 aromatic carbocycles. The monoisotopic (exact) mass is 153 g/mol. The van der Waals surface area contributed by atoms with Crippen LogP contribution in [0.15, 0.2) is 11.0 Å². The molecule has 2 N–H and O–H groups in total. The second-order valence-corrected chi connectivity index (χ2v) is 2.01. The Morgan fingerprint density at radius 2 is 2.45 bits per heavy atom. The number of carbonyl (C=O) groups excluding carboxylic acids is 1. The van der Waals surface area contributed by atoms with E-state index in [9.17, 15) is 9.59 Å². The van der Waals surface area contributed by atoms with Crippen LogP contribution in [0.1, 0.15) is 5.56 Å². The van der Waals surface area contributed by atoms with Gasteiger partial charge in [-0.15, -0.1) is 0 Å². The zero-order valence-corrected chi connectivity index (χ0v) is 5.92. The molecule has 0 radical (unpaired) electrons. The van der Waals surface area contributed by atoms with E-state index in [2.05, 4.69) is 15.3 Å². The van der Waals surface area contributed by atoms with Crippen LogP contribution < -0.4 is 11.0 Å². The Morgan fingerprint density at radius 3 is 3.09 bits per heavy atom. The number of hydrogen-bond acceptors (Lipinski definition) is 3. The zero-order valence-electron chi connectivity index (χ0n) is 5.92. The van der Waals surface area contributed by atoms with Crippen LogP contribution in [0.4, 0.5) is 5.82 Å². The van der Waals surface area contributed by atoms with Crippen molar-refractivity contribution >= 4 is 12.2 Å². The number of aromatic amines is 1. The third-order valence-electron chi connectivity index (χ3n) is 1.20. The van der Waals surface area contributed by atoms with Crippen molar-refractivity contribution in [2.45, 2.75) is 6.92 Å². The quantitative estimate of drug-likeness (QED) is 0.570. The third-order valence-corrected chi connectivity index (χ3v) is 1.20. The molecule has 0 aliphatic rings. The lowest BCUT2D eigenvalue weighted by atomic mass is 10.3. The first-order chi connectivity index (χ1) is 5.24. The number of carbonyl (C=O) groups is 1. The molecule has 0 saturated carbocycles. The van der Waals surface area contributed by atoms with Crippen LogP contribution in [0.3, 0.4) is 0 Å². The number of anilines is 1. The summed E-state index contributed by atoms with van der Waals surface area (Å²) in [7, 11) is 0. The zero-order chi connectivity index (χ0) is 8.27. The predicted octanol–water partition coefficient (Wildman–Crippen LogP) is -0.353. The average Bonchev–Trinajstić information content (AvgIpc) is 1.98. The van der Waals surface area contributed by atoms with E-state index in [-0.39, 0.29) is 0 Å². The molecule has 0 fully saturated rings. The van der Waals surface area contributed by atoms with Crippen molar-refractivity contribution in [3.63, 3.8) is 0 Å². The molecule has 1 amide bonds. The van der Waals surface area contributed by atoms with Crippen molar-refractivity contribution in [2.75, 3.05) is 5.32 Å². The average molecular weight is 153 g/mol. The number of amides is 1. The van der Waals surface area contributed by atoms with Crippen LogP contribution >= 0.6 is 0 Å². The number of nitrogens with one attached hydrogen (secondary N) is 2. The minimum absolute atomic E-state index is 0.389. The Labute approximate surface area is 62.5 Å². The van der Waals surface area contributed by atoms with Crippen molar-refractivity contribution in [2.24, 2.45) is 0 Å². The Bertz CT molecular complexity index is 318. The third kappa shape index (κ3) is 1.64. The highest BCUT2D eigenvalue weighted by atomic mass is 16.1. The van der Waals surface area contributed by atoms with Crippen LogP contribution in [-0.4, -0.2) is 16.4 Å². The number of aryl methyl sites for hydroxylation is 1. The maximum absolute atomic E-state index is 10.6. The van der Waals surface area contributed by atoms with E-state index < -0.39 is 5.69 Å². The molecule has 0 atom stereocenters. The van der Waals surface area contributed by atoms with E-state index in [4.69, 9.17) is 0 Å². The summed E-state index contributed by atoms with van der Waals surface area (Å²) < 4.78 is 0. The van der Waals surface area contributed by atoms with Crippen LogP contribution in [-0.2, 0) is 4.79 Å². The van der Waals surface area contributed by atoms with E-state index in [1.807, 2.05) is 0 Å². The molecule has 0 bridgehead atoms. The Hall–Kier alpha value is -1.65. The minimum Gasteiger partial charge on any atom is -0.315 e. The molecule has 0 aliphatic carbocycles. The molecule has 0 saturated heterocycles. The van der Waals surface area contributed by atoms with Gasteiger partial charge in [-0.25, -0.2) is 9.78 Å². The molecule has 0 aliphatic heterocycles. The molecule has 11 heavy (non-hydrogen) atoms. The Kier molecular flexibility index (Phi) is 2.00. The fourth-order valence-corrected chi connectivity index (χ4v) is 0.667. The largest absolute Gasteiger partial charge is 0.346 e. The fourth-order valence-electron chi connectivity index (χ4n) is 0.667. The summed E-state index contributed by atoms with van der Waals surface area (Å²) in [5.41, 5.74) is 0.247. The van der Waals surface area contributed by atoms with Crippen LogP contribution in [0, 0.1) is 6.92 Å². The number of hydrogen-bond donors (Lipinski definition) is 2. The lowest BCUT2D eigenvalue weighted by molar-refractivity contribution is -0.105. The standard InChI is InChI=1S/C6H7N3O2/c1-4-2-7-6(11)9-5(4)8-3-10/h2-3H,1H3,(H2,7,8,9,10,11). The smallest absolute Gasteiger partial charge is 0.315 e. The number of H-pyrrole nitrogens is 1. The van der Waals surface area contributed by atoms with Gasteiger partial charge in [-0.05, 0) is 6.92 Å². The first-order valence-corrected chi connectivity index (χ1v) is 3.00. The summed E-state index contributed by atoms with van der Waals surface area (Å²) in [4.78, 5) is 26.4. The molecule has 58 valence electrons. The van der Waals surface area contributed by atoms with Gasteiger partial charge in [0, 0.05) is 11.8 Å². The van der Waals surface area contributed by atoms with Gasteiger partial charge < -0.3 is 5.32 Å². The van der Waals surface area contributed by atoms with Gasteiger partial charge in [-0.3, -0.25) is 9.78 Å². The van der Waals surface area contributed by atoms with E-state index in [1.54, 1.807) is 6.92 Å². The molecule has 1 rings (SSSR count). The highest BCUT2D eigenvalue weighted by Gasteiger charge is 1.96. The van der Waals surface area contributed by atoms with E-state index in [0.717, 1.165) is 5.56 Å². The van der Waals surface area contributed by atoms with Gasteiger partial charge in [0.05, 0.1) is 0 Å². The van der Waals surface area contributed by atoms with Gasteiger partial charge in [-0.1, -0.05) is 0 Å². The Balaban J connectivity index is 3.12. The summed E-state index contributed by atoms with van der Waals surface area (Å²) >= 11 is 0. The van der Waals surface area contributed by atoms with E-state index >= 15 is 0 Å². The van der Waals surface area contributed by atoms with Crippen molar-refractivity contribution in [3.8, 4) is 0 Å². The SMILES string of the molecule is Cc1cnc(=O)[nH]c1NC=O. The number of nitrogens with zero attached hydrogens (tertiary/aromatic N) is 1. The molecular weight excluding hydrogens is 146 g/mol. The van der Waals surface area contributed by atoms with Gasteiger partial charge in [0.15, 0.2) is 0 Å². The topological polar surface area (TPSA) is 74.8 Å². The number of rotatable bonds is 2. The first kappa shape index (κ1) is 7.46. The van der Waals surface area contributed by atoms with Crippen molar-refractivity contribution < 1.29 is 4.79 Å². The fraction of sp³-hybridized carbons (Fsp3) is 0.167. The summed E-state index contributed by atoms with van der Waals surface area (Å²) in [6, 6.07) is 0. The summed E-state index contributed by atoms with van der Waals surface area (Å²) in [5.74, 6) is 0.389. The van der Waals surface area contributed by atoms with Gasteiger partial charge >= 0.3 is 5.69 Å². The molecule has 1 aromatic rings. The van der Waals surface area contributed by atoms with Crippen LogP contribution in [0.5, 0.6) is 0 Å². The van der Waals surface area contributed by atoms with Gasteiger partial charge in [0.2, 0.25) is 6.41 Å². The van der Waals surface area contributed by atoms with Crippen molar-refractivity contribution in [3.05, 3.63) is 22.2 Å². The molecule has 1 aromatic heterocycles. The normalized spacial score (nSPS) is 9.18. The second kappa shape index (κ2) is 2.96. The second-order valence-electron chi connectivity index (χ2n) is 2.01. The maximum Gasteiger partial charge on any atom is 0.346 e. The molecule has 0 spiro atoms. The van der Waals surface area contributed by atoms with Crippen molar-refractivity contribution in [1.29, 1.82) is 0 Å². The van der Waals surface area contributed by atoms with Crippen LogP contribution in [0.2, 0.25) is 0 Å². The first-order valence-electron chi connectivity index (χ1n) is 3.00. The Morgan fingerprint density at radius 1 is 1.73 bits per heavy atom. The molecule has 1 heterocycles. The lowest BCUT2D eigenvalue weighted by Gasteiger charge is -1.99. The van der Waals surface area contributed by atoms with E-state index in [0.29, 0.717) is 12.2 Å². The summed E-state index contributed by atoms with van der Waals surface area (Å²) in [6.07, 6.45) is 1.89. The predicted molar refractivity (Wildman–Crippen MR) is 39.3 cm³/mol. The van der Waals surface area contributed by atoms with E-state index in [1.165, 1.54) is 6.20 Å². The minimum atomic E-state index is -0.472. The number of aromatic nitrogens is 2. The maximum atomic E-state index is 10.6. The highest BCUT2D eigenvalue weighted by Crippen LogP contribution is 2.03. The lowest BCUT2D eigenvalue weighted by Crippen LogP contribution is -2.13. The van der Waals surface area contributed by atoms with Crippen molar-refractivity contribution in [1.82, 2.24) is 9.97 Å². The van der Waals surface area contributed by atoms with Gasteiger partial charge in [0.25, 0.3) is 0 Å². The van der Waals surface area contributed by atoms with Gasteiger partial charge in [-0.2, -0.15) is 0 Å². The molecule has 0 unspecified atom stereocenters. The summed E-state index contributed by atoms with van der Waals surface area (Å²) in [6.45, 7) is 1.73. The summed E-state index contributed by atoms with van der Waals surface area (Å²) in [5, 5.41) is 2.34. The molecular formula is C6H7N3O2. The highest BCUT2D eigenvalue weighted by molar-refractivity contribution is 5.70.